The standard InChI is InChI=1S/C13H15N5O/c1-10-2-3-11(17-8-10)18-13(19)4-5-15-12-9-14-6-7-16-12/h2-3,6-9H,4-5H2,1H3,(H,15,16)(H,17,18,19). The molecule has 0 atom stereocenters. The van der Waals surface area contributed by atoms with Gasteiger partial charge in [0.05, 0.1) is 6.20 Å². The van der Waals surface area contributed by atoms with E-state index >= 15 is 0 Å². The van der Waals surface area contributed by atoms with Crippen LogP contribution in [-0.2, 0) is 4.79 Å². The molecule has 0 aliphatic carbocycles. The van der Waals surface area contributed by atoms with Crippen LogP contribution in [0.2, 0.25) is 0 Å². The van der Waals surface area contributed by atoms with Crippen LogP contribution in [0.4, 0.5) is 11.6 Å². The van der Waals surface area contributed by atoms with Gasteiger partial charge in [-0.3, -0.25) is 9.78 Å². The minimum absolute atomic E-state index is 0.0901. The zero-order chi connectivity index (χ0) is 13.5. The Labute approximate surface area is 111 Å². The SMILES string of the molecule is Cc1ccc(NC(=O)CCNc2cnccn2)nc1. The molecule has 0 saturated carbocycles. The van der Waals surface area contributed by atoms with Crippen molar-refractivity contribution in [2.45, 2.75) is 13.3 Å². The Bertz CT molecular complexity index is 526. The van der Waals surface area contributed by atoms with Crippen molar-refractivity contribution in [3.05, 3.63) is 42.5 Å². The number of amides is 1. The van der Waals surface area contributed by atoms with Gasteiger partial charge in [-0.15, -0.1) is 0 Å². The van der Waals surface area contributed by atoms with Crippen LogP contribution in [0.15, 0.2) is 36.9 Å². The molecule has 6 nitrogen and oxygen atoms in total. The number of hydrogen-bond acceptors (Lipinski definition) is 5. The maximum atomic E-state index is 11.7. The van der Waals surface area contributed by atoms with Gasteiger partial charge in [0.25, 0.3) is 0 Å². The lowest BCUT2D eigenvalue weighted by Gasteiger charge is -2.06. The maximum absolute atomic E-state index is 11.7. The summed E-state index contributed by atoms with van der Waals surface area (Å²) in [6, 6.07) is 3.68. The molecule has 2 aromatic heterocycles. The molecule has 2 heterocycles. The van der Waals surface area contributed by atoms with Gasteiger partial charge in [-0.25, -0.2) is 9.97 Å². The summed E-state index contributed by atoms with van der Waals surface area (Å²) in [7, 11) is 0. The second-order valence-corrected chi connectivity index (χ2v) is 4.04. The molecule has 0 radical (unpaired) electrons. The molecule has 2 rings (SSSR count). The lowest BCUT2D eigenvalue weighted by Crippen LogP contribution is -2.17. The highest BCUT2D eigenvalue weighted by atomic mass is 16.1. The zero-order valence-electron chi connectivity index (χ0n) is 10.6. The van der Waals surface area contributed by atoms with Crippen molar-refractivity contribution in [2.75, 3.05) is 17.2 Å². The third-order valence-electron chi connectivity index (χ3n) is 2.40. The van der Waals surface area contributed by atoms with E-state index in [1.165, 1.54) is 0 Å². The Hall–Kier alpha value is -2.50. The van der Waals surface area contributed by atoms with E-state index in [9.17, 15) is 4.79 Å². The van der Waals surface area contributed by atoms with Crippen LogP contribution in [0.3, 0.4) is 0 Å². The molecular weight excluding hydrogens is 242 g/mol. The highest BCUT2D eigenvalue weighted by molar-refractivity contribution is 5.89. The third kappa shape index (κ3) is 4.34. The fourth-order valence-electron chi connectivity index (χ4n) is 1.44. The van der Waals surface area contributed by atoms with Gasteiger partial charge in [0.1, 0.15) is 11.6 Å². The van der Waals surface area contributed by atoms with Crippen LogP contribution in [0, 0.1) is 6.92 Å². The van der Waals surface area contributed by atoms with E-state index in [4.69, 9.17) is 0 Å². The molecule has 2 N–H and O–H groups in total. The van der Waals surface area contributed by atoms with Crippen LogP contribution < -0.4 is 10.6 Å². The molecule has 2 aromatic rings. The third-order valence-corrected chi connectivity index (χ3v) is 2.40. The topological polar surface area (TPSA) is 79.8 Å². The summed E-state index contributed by atoms with van der Waals surface area (Å²) in [5, 5.41) is 5.74. The number of nitrogens with zero attached hydrogens (tertiary/aromatic N) is 3. The second-order valence-electron chi connectivity index (χ2n) is 4.04. The Morgan fingerprint density at radius 2 is 2.05 bits per heavy atom. The summed E-state index contributed by atoms with van der Waals surface area (Å²) >= 11 is 0. The largest absolute Gasteiger partial charge is 0.368 e. The van der Waals surface area contributed by atoms with E-state index in [1.807, 2.05) is 13.0 Å². The first kappa shape index (κ1) is 12.9. The molecule has 0 aliphatic rings. The van der Waals surface area contributed by atoms with E-state index in [2.05, 4.69) is 25.6 Å². The van der Waals surface area contributed by atoms with E-state index in [0.29, 0.717) is 24.6 Å². The summed E-state index contributed by atoms with van der Waals surface area (Å²) in [5.74, 6) is 1.13. The van der Waals surface area contributed by atoms with Crippen LogP contribution in [-0.4, -0.2) is 27.4 Å². The number of aromatic nitrogens is 3. The first-order valence-corrected chi connectivity index (χ1v) is 5.96. The molecule has 0 aromatic carbocycles. The first-order chi connectivity index (χ1) is 9.24. The first-order valence-electron chi connectivity index (χ1n) is 5.96. The monoisotopic (exact) mass is 257 g/mol. The summed E-state index contributed by atoms with van der Waals surface area (Å²) < 4.78 is 0. The average molecular weight is 257 g/mol. The molecule has 1 amide bonds. The molecule has 0 bridgehead atoms. The zero-order valence-corrected chi connectivity index (χ0v) is 10.6. The number of rotatable bonds is 5. The van der Waals surface area contributed by atoms with Crippen molar-refractivity contribution in [3.63, 3.8) is 0 Å². The van der Waals surface area contributed by atoms with Crippen molar-refractivity contribution in [2.24, 2.45) is 0 Å². The van der Waals surface area contributed by atoms with Gasteiger partial charge in [-0.05, 0) is 18.6 Å². The van der Waals surface area contributed by atoms with Crippen molar-refractivity contribution >= 4 is 17.5 Å². The van der Waals surface area contributed by atoms with Crippen molar-refractivity contribution in [1.29, 1.82) is 0 Å². The molecule has 0 unspecified atom stereocenters. The van der Waals surface area contributed by atoms with Gasteiger partial charge < -0.3 is 10.6 Å². The Kier molecular flexibility index (Phi) is 4.39. The molecule has 6 heteroatoms. The van der Waals surface area contributed by atoms with E-state index in [-0.39, 0.29) is 5.91 Å². The van der Waals surface area contributed by atoms with Crippen LogP contribution in [0.1, 0.15) is 12.0 Å². The van der Waals surface area contributed by atoms with Gasteiger partial charge in [-0.1, -0.05) is 6.07 Å². The summed E-state index contributed by atoms with van der Waals surface area (Å²) in [6.07, 6.45) is 6.86. The molecule has 0 spiro atoms. The molecule has 19 heavy (non-hydrogen) atoms. The lowest BCUT2D eigenvalue weighted by atomic mass is 10.3. The van der Waals surface area contributed by atoms with E-state index in [1.54, 1.807) is 30.9 Å². The molecule has 0 fully saturated rings. The van der Waals surface area contributed by atoms with Gasteiger partial charge in [0.15, 0.2) is 0 Å². The molecule has 0 saturated heterocycles. The molecular formula is C13H15N5O. The van der Waals surface area contributed by atoms with Crippen molar-refractivity contribution in [1.82, 2.24) is 15.0 Å². The lowest BCUT2D eigenvalue weighted by molar-refractivity contribution is -0.116. The predicted molar refractivity (Wildman–Crippen MR) is 72.7 cm³/mol. The fraction of sp³-hybridized carbons (Fsp3) is 0.231. The smallest absolute Gasteiger partial charge is 0.227 e. The Balaban J connectivity index is 1.74. The number of anilines is 2. The Morgan fingerprint density at radius 1 is 1.16 bits per heavy atom. The number of hydrogen-bond donors (Lipinski definition) is 2. The summed E-state index contributed by atoms with van der Waals surface area (Å²) in [5.41, 5.74) is 1.06. The van der Waals surface area contributed by atoms with Gasteiger partial charge in [0, 0.05) is 31.6 Å². The van der Waals surface area contributed by atoms with Crippen LogP contribution in [0.25, 0.3) is 0 Å². The molecule has 98 valence electrons. The van der Waals surface area contributed by atoms with Crippen molar-refractivity contribution in [3.8, 4) is 0 Å². The summed E-state index contributed by atoms with van der Waals surface area (Å²) in [4.78, 5) is 23.7. The minimum Gasteiger partial charge on any atom is -0.368 e. The van der Waals surface area contributed by atoms with Gasteiger partial charge >= 0.3 is 0 Å². The van der Waals surface area contributed by atoms with Crippen LogP contribution in [0.5, 0.6) is 0 Å². The normalized spacial score (nSPS) is 9.95. The van der Waals surface area contributed by atoms with Crippen molar-refractivity contribution < 1.29 is 4.79 Å². The number of nitrogens with one attached hydrogen (secondary N) is 2. The number of pyridine rings is 1. The van der Waals surface area contributed by atoms with Crippen LogP contribution >= 0.6 is 0 Å². The predicted octanol–water partition coefficient (Wildman–Crippen LogP) is 1.62. The quantitative estimate of drug-likeness (QED) is 0.850. The number of carbonyl (C=O) groups excluding carboxylic acids is 1. The number of carbonyl (C=O) groups is 1. The van der Waals surface area contributed by atoms with E-state index < -0.39 is 0 Å². The Morgan fingerprint density at radius 3 is 2.74 bits per heavy atom. The van der Waals surface area contributed by atoms with Gasteiger partial charge in [0.2, 0.25) is 5.91 Å². The molecule has 0 aliphatic heterocycles. The second kappa shape index (κ2) is 6.44. The fourth-order valence-corrected chi connectivity index (χ4v) is 1.44. The highest BCUT2D eigenvalue weighted by Gasteiger charge is 2.03. The highest BCUT2D eigenvalue weighted by Crippen LogP contribution is 2.04. The average Bonchev–Trinajstić information content (AvgIpc) is 2.43. The van der Waals surface area contributed by atoms with E-state index in [0.717, 1.165) is 5.56 Å². The van der Waals surface area contributed by atoms with Gasteiger partial charge in [-0.2, -0.15) is 0 Å². The number of aryl methyl sites for hydroxylation is 1. The maximum Gasteiger partial charge on any atom is 0.227 e. The minimum atomic E-state index is -0.0901. The summed E-state index contributed by atoms with van der Waals surface area (Å²) in [6.45, 7) is 2.44.